The molecule has 1 amide bonds. The van der Waals surface area contributed by atoms with Crippen molar-refractivity contribution in [2.24, 2.45) is 22.9 Å². The Hall–Kier alpha value is -4.97. The minimum atomic E-state index is -1.37. The van der Waals surface area contributed by atoms with Gasteiger partial charge in [0, 0.05) is 43.2 Å². The number of fused-ring (bicyclic) bond motifs is 2. The van der Waals surface area contributed by atoms with E-state index >= 15 is 0 Å². The number of carbonyl (C=O) groups is 2. The molecule has 6 rings (SSSR count). The Bertz CT molecular complexity index is 2040. The lowest BCUT2D eigenvalue weighted by atomic mass is 9.55. The highest BCUT2D eigenvalue weighted by molar-refractivity contribution is 6.03. The van der Waals surface area contributed by atoms with Gasteiger partial charge in [0.25, 0.3) is 0 Å². The normalized spacial score (nSPS) is 23.5. The molecule has 3 aromatic rings. The van der Waals surface area contributed by atoms with Crippen LogP contribution in [0.2, 0.25) is 0 Å². The molecule has 11 nitrogen and oxygen atoms in total. The lowest BCUT2D eigenvalue weighted by Crippen LogP contribution is -2.70. The van der Waals surface area contributed by atoms with E-state index in [0.29, 0.717) is 60.8 Å². The summed E-state index contributed by atoms with van der Waals surface area (Å²) in [6.45, 7) is 12.8. The van der Waals surface area contributed by atoms with E-state index in [1.165, 1.54) is 0 Å². The molecule has 0 saturated heterocycles. The maximum atomic E-state index is 14.9. The van der Waals surface area contributed by atoms with Gasteiger partial charge in [-0.05, 0) is 118 Å². The highest BCUT2D eigenvalue weighted by Gasteiger charge is 2.65. The van der Waals surface area contributed by atoms with Crippen LogP contribution < -0.4 is 14.2 Å². The van der Waals surface area contributed by atoms with E-state index < -0.39 is 23.3 Å². The van der Waals surface area contributed by atoms with Crippen LogP contribution in [0.4, 0.5) is 0 Å². The molecule has 0 aromatic heterocycles. The van der Waals surface area contributed by atoms with Gasteiger partial charge in [0.2, 0.25) is 11.7 Å². The van der Waals surface area contributed by atoms with Crippen molar-refractivity contribution in [3.63, 3.8) is 0 Å². The van der Waals surface area contributed by atoms with Gasteiger partial charge in [-0.1, -0.05) is 61.3 Å². The fraction of sp³-hybridized carbons (Fsp3) is 0.500. The molecule has 1 fully saturated rings. The average Bonchev–Trinajstić information content (AvgIpc) is 3.25. The van der Waals surface area contributed by atoms with E-state index in [4.69, 9.17) is 28.9 Å². The topological polar surface area (TPSA) is 136 Å². The van der Waals surface area contributed by atoms with E-state index in [1.54, 1.807) is 31.4 Å². The number of aliphatic hydroxyl groups excluding tert-OH is 2. The van der Waals surface area contributed by atoms with Crippen LogP contribution in [0, 0.1) is 17.8 Å². The van der Waals surface area contributed by atoms with Gasteiger partial charge in [0.05, 0.1) is 31.8 Å². The number of amides is 1. The number of aldehydes is 1. The molecular weight excluding hydrogens is 773 g/mol. The molecule has 1 heterocycles. The van der Waals surface area contributed by atoms with Crippen LogP contribution in [-0.4, -0.2) is 83.9 Å². The van der Waals surface area contributed by atoms with Gasteiger partial charge < -0.3 is 38.9 Å². The third-order valence-corrected chi connectivity index (χ3v) is 12.0. The number of nitrogens with zero attached hydrogens (tertiary/aromatic N) is 2. The van der Waals surface area contributed by atoms with Crippen molar-refractivity contribution >= 4 is 17.9 Å². The van der Waals surface area contributed by atoms with Crippen molar-refractivity contribution in [1.82, 2.24) is 4.90 Å². The third-order valence-electron chi connectivity index (χ3n) is 12.0. The molecule has 0 spiro atoms. The Morgan fingerprint density at radius 1 is 0.984 bits per heavy atom. The van der Waals surface area contributed by atoms with E-state index in [0.717, 1.165) is 54.4 Å². The fourth-order valence-electron chi connectivity index (χ4n) is 9.45. The smallest absolute Gasteiger partial charge is 0.239 e. The zero-order valence-electron chi connectivity index (χ0n) is 36.5. The van der Waals surface area contributed by atoms with E-state index in [9.17, 15) is 19.8 Å². The summed E-state index contributed by atoms with van der Waals surface area (Å²) in [5.41, 5.74) is 3.41. The summed E-state index contributed by atoms with van der Waals surface area (Å²) >= 11 is 0. The van der Waals surface area contributed by atoms with Crippen LogP contribution in [0.1, 0.15) is 106 Å². The van der Waals surface area contributed by atoms with Gasteiger partial charge in [0.1, 0.15) is 40.9 Å². The van der Waals surface area contributed by atoms with Crippen molar-refractivity contribution in [2.45, 2.75) is 109 Å². The number of ether oxygens (including phenoxy) is 4. The van der Waals surface area contributed by atoms with Gasteiger partial charge in [-0.15, -0.1) is 6.58 Å². The number of methoxy groups -OCH3 is 1. The number of carbonyl (C=O) groups excluding carboxylic acids is 2. The van der Waals surface area contributed by atoms with Crippen LogP contribution >= 0.6 is 0 Å². The molecule has 1 saturated carbocycles. The molecule has 3 aromatic carbocycles. The van der Waals surface area contributed by atoms with E-state index in [1.807, 2.05) is 74.2 Å². The molecule has 0 radical (unpaired) electrons. The third kappa shape index (κ3) is 10.6. The van der Waals surface area contributed by atoms with Crippen molar-refractivity contribution in [3.8, 4) is 23.0 Å². The molecule has 328 valence electrons. The molecule has 2 N–H and O–H groups in total. The molecule has 0 unspecified atom stereocenters. The van der Waals surface area contributed by atoms with Crippen LogP contribution in [-0.2, 0) is 20.8 Å². The molecule has 11 heteroatoms. The first-order chi connectivity index (χ1) is 29.5. The molecular formula is C50H64N2O9. The zero-order chi connectivity index (χ0) is 43.6. The Balaban J connectivity index is 1.59. The Labute approximate surface area is 361 Å². The van der Waals surface area contributed by atoms with Crippen molar-refractivity contribution in [1.29, 1.82) is 0 Å². The summed E-state index contributed by atoms with van der Waals surface area (Å²) < 4.78 is 26.5. The molecule has 0 bridgehead atoms. The lowest BCUT2D eigenvalue weighted by Gasteiger charge is -2.60. The summed E-state index contributed by atoms with van der Waals surface area (Å²) in [6, 6.07) is 19.9. The summed E-state index contributed by atoms with van der Waals surface area (Å²) in [7, 11) is 1.62. The quantitative estimate of drug-likeness (QED) is 0.0466. The van der Waals surface area contributed by atoms with Crippen molar-refractivity contribution in [3.05, 3.63) is 108 Å². The number of hydrogen-bond donors (Lipinski definition) is 2. The molecule has 3 aliphatic rings. The summed E-state index contributed by atoms with van der Waals surface area (Å²) in [5, 5.41) is 24.8. The van der Waals surface area contributed by atoms with E-state index in [2.05, 4.69) is 19.6 Å². The number of oxime groups is 1. The number of benzene rings is 3. The Kier molecular flexibility index (Phi) is 15.5. The average molecular weight is 837 g/mol. The second-order valence-electron chi connectivity index (χ2n) is 17.4. The van der Waals surface area contributed by atoms with Crippen LogP contribution in [0.3, 0.4) is 0 Å². The first-order valence-corrected chi connectivity index (χ1v) is 21.9. The lowest BCUT2D eigenvalue weighted by molar-refractivity contribution is -0.257. The van der Waals surface area contributed by atoms with Crippen LogP contribution in [0.25, 0.3) is 0 Å². The first kappa shape index (κ1) is 45.6. The fourth-order valence-corrected chi connectivity index (χ4v) is 9.45. The summed E-state index contributed by atoms with van der Waals surface area (Å²) in [6.07, 6.45) is 10.6. The van der Waals surface area contributed by atoms with Crippen molar-refractivity contribution < 1.29 is 43.6 Å². The predicted molar refractivity (Wildman–Crippen MR) is 236 cm³/mol. The predicted octanol–water partition coefficient (Wildman–Crippen LogP) is 9.21. The van der Waals surface area contributed by atoms with Gasteiger partial charge in [-0.3, -0.25) is 9.59 Å². The number of allylic oxidation sites excluding steroid dienone is 1. The van der Waals surface area contributed by atoms with Crippen molar-refractivity contribution in [2.75, 3.05) is 33.5 Å². The number of hydrogen-bond acceptors (Lipinski definition) is 10. The summed E-state index contributed by atoms with van der Waals surface area (Å²) in [4.78, 5) is 34.7. The monoisotopic (exact) mass is 836 g/mol. The second-order valence-corrected chi connectivity index (χ2v) is 17.4. The maximum Gasteiger partial charge on any atom is 0.239 e. The highest BCUT2D eigenvalue weighted by Crippen LogP contribution is 2.62. The minimum Gasteiger partial charge on any atom is -0.497 e. The number of unbranched alkanes of at least 4 members (excludes halogenated alkanes) is 2. The largest absolute Gasteiger partial charge is 0.497 e. The van der Waals surface area contributed by atoms with Crippen LogP contribution in [0.15, 0.2) is 96.2 Å². The molecule has 61 heavy (non-hydrogen) atoms. The maximum absolute atomic E-state index is 14.9. The molecule has 1 aliphatic heterocycles. The molecule has 6 atom stereocenters. The molecule has 2 aliphatic carbocycles. The highest BCUT2D eigenvalue weighted by atomic mass is 16.7. The van der Waals surface area contributed by atoms with E-state index in [-0.39, 0.29) is 49.9 Å². The number of rotatable bonds is 21. The standard InChI is InChI=1S/C50H64N2O9/c1-7-23-52(46(56)29-34-15-13-18-37(27-34)57-6)45-32-43(51-61-49(3,4)5)41-30-36(17-9-11-24-53)40(20-10-12-25-54)47-42-31-39(59-38-19-14-16-35(28-38)33-55)21-22-44(42)60-50(45,48(41)47)58-26-8-2/h8,13-16,18-19,21-22,27-28,30-31,33,36,40,45,47-48,53-54H,2,7,9-12,17,20,23-26,29,32H2,1,3-6H3/t36-,40+,45-,47+,48+,50+/m0/s1. The van der Waals surface area contributed by atoms with Gasteiger partial charge in [0.15, 0.2) is 0 Å². The van der Waals surface area contributed by atoms with Gasteiger partial charge >= 0.3 is 0 Å². The Morgan fingerprint density at radius 2 is 1.72 bits per heavy atom. The van der Waals surface area contributed by atoms with Crippen LogP contribution in [0.5, 0.6) is 23.0 Å². The minimum absolute atomic E-state index is 0.0534. The summed E-state index contributed by atoms with van der Waals surface area (Å²) in [5.74, 6) is 0.458. The Morgan fingerprint density at radius 3 is 2.43 bits per heavy atom. The SMILES string of the molecule is C=CCO[C@@]12Oc3ccc(Oc4cccc(C=O)c4)cc3[C@H]3[C@H](CCCCO)[C@@H](CCCCO)C=C(C(=NOC(C)(C)C)C[C@@H]1N(CCC)C(=O)Cc1cccc(OC)c1)[C@H]32. The first-order valence-electron chi connectivity index (χ1n) is 21.9. The van der Waals surface area contributed by atoms with Gasteiger partial charge in [-0.25, -0.2) is 0 Å². The zero-order valence-corrected chi connectivity index (χ0v) is 36.5. The second kappa shape index (κ2) is 20.7. The van der Waals surface area contributed by atoms with Gasteiger partial charge in [-0.2, -0.15) is 0 Å². The number of aliphatic hydroxyl groups is 2.